The summed E-state index contributed by atoms with van der Waals surface area (Å²) in [5, 5.41) is 3.55. The molecule has 3 heteroatoms. The van der Waals surface area contributed by atoms with Gasteiger partial charge in [-0.25, -0.2) is 0 Å². The van der Waals surface area contributed by atoms with Gasteiger partial charge in [0.2, 0.25) is 0 Å². The van der Waals surface area contributed by atoms with Crippen LogP contribution in [0.3, 0.4) is 0 Å². The predicted molar refractivity (Wildman–Crippen MR) is 81.8 cm³/mol. The third-order valence-corrected chi connectivity index (χ3v) is 3.88. The highest BCUT2D eigenvalue weighted by Gasteiger charge is 2.17. The van der Waals surface area contributed by atoms with E-state index in [1.807, 2.05) is 24.3 Å². The molecule has 0 spiro atoms. The summed E-state index contributed by atoms with van der Waals surface area (Å²) >= 11 is 3.45. The standard InChI is InChI=1S/C16H16BrNO/c17-13-5-3-6-15(10-13)19-11-14-9-8-12-4-1-2-7-16(12)18-14/h1-7,10,14,18H,8-9,11H2. The van der Waals surface area contributed by atoms with Gasteiger partial charge in [0, 0.05) is 10.2 Å². The van der Waals surface area contributed by atoms with Crippen molar-refractivity contribution in [1.82, 2.24) is 0 Å². The monoisotopic (exact) mass is 317 g/mol. The minimum atomic E-state index is 0.383. The van der Waals surface area contributed by atoms with Crippen LogP contribution in [0.1, 0.15) is 12.0 Å². The van der Waals surface area contributed by atoms with Crippen molar-refractivity contribution >= 4 is 21.6 Å². The van der Waals surface area contributed by atoms with E-state index in [1.165, 1.54) is 11.3 Å². The molecule has 0 saturated carbocycles. The number of halogens is 1. The number of para-hydroxylation sites is 1. The summed E-state index contributed by atoms with van der Waals surface area (Å²) in [5.41, 5.74) is 2.65. The van der Waals surface area contributed by atoms with Gasteiger partial charge < -0.3 is 10.1 Å². The van der Waals surface area contributed by atoms with E-state index in [0.717, 1.165) is 23.1 Å². The molecular formula is C16H16BrNO. The number of rotatable bonds is 3. The fourth-order valence-electron chi connectivity index (χ4n) is 2.38. The molecule has 2 aromatic rings. The summed E-state index contributed by atoms with van der Waals surface area (Å²) in [6.45, 7) is 0.699. The van der Waals surface area contributed by atoms with E-state index < -0.39 is 0 Å². The maximum absolute atomic E-state index is 5.85. The largest absolute Gasteiger partial charge is 0.491 e. The van der Waals surface area contributed by atoms with Crippen molar-refractivity contribution in [2.24, 2.45) is 0 Å². The summed E-state index contributed by atoms with van der Waals surface area (Å²) in [4.78, 5) is 0. The number of aryl methyl sites for hydroxylation is 1. The quantitative estimate of drug-likeness (QED) is 0.913. The lowest BCUT2D eigenvalue weighted by atomic mass is 9.99. The van der Waals surface area contributed by atoms with Crippen LogP contribution < -0.4 is 10.1 Å². The fourth-order valence-corrected chi connectivity index (χ4v) is 2.76. The molecule has 1 heterocycles. The molecule has 3 rings (SSSR count). The van der Waals surface area contributed by atoms with Gasteiger partial charge in [-0.1, -0.05) is 40.2 Å². The van der Waals surface area contributed by atoms with Crippen LogP contribution in [-0.4, -0.2) is 12.6 Å². The van der Waals surface area contributed by atoms with Gasteiger partial charge in [0.15, 0.2) is 0 Å². The smallest absolute Gasteiger partial charge is 0.120 e. The van der Waals surface area contributed by atoms with Crippen LogP contribution in [0, 0.1) is 0 Å². The molecule has 19 heavy (non-hydrogen) atoms. The molecule has 0 radical (unpaired) electrons. The molecule has 1 N–H and O–H groups in total. The van der Waals surface area contributed by atoms with Crippen molar-refractivity contribution in [2.75, 3.05) is 11.9 Å². The highest BCUT2D eigenvalue weighted by Crippen LogP contribution is 2.25. The zero-order valence-electron chi connectivity index (χ0n) is 10.6. The summed E-state index contributed by atoms with van der Waals surface area (Å²) in [5.74, 6) is 0.912. The molecule has 0 aromatic heterocycles. The number of fused-ring (bicyclic) bond motifs is 1. The lowest BCUT2D eigenvalue weighted by molar-refractivity contribution is 0.289. The predicted octanol–water partition coefficient (Wildman–Crippen LogP) is 4.25. The Hall–Kier alpha value is -1.48. The SMILES string of the molecule is Brc1cccc(OCC2CCc3ccccc3N2)c1. The first-order valence-corrected chi connectivity index (χ1v) is 7.33. The first-order valence-electron chi connectivity index (χ1n) is 6.54. The van der Waals surface area contributed by atoms with Crippen LogP contribution >= 0.6 is 15.9 Å². The Morgan fingerprint density at radius 2 is 2.05 bits per heavy atom. The van der Waals surface area contributed by atoms with Crippen molar-refractivity contribution in [2.45, 2.75) is 18.9 Å². The van der Waals surface area contributed by atoms with Crippen LogP contribution in [0.2, 0.25) is 0 Å². The number of hydrogen-bond donors (Lipinski definition) is 1. The minimum absolute atomic E-state index is 0.383. The fraction of sp³-hybridized carbons (Fsp3) is 0.250. The Kier molecular flexibility index (Phi) is 3.74. The molecule has 1 atom stereocenters. The van der Waals surface area contributed by atoms with E-state index in [1.54, 1.807) is 0 Å². The van der Waals surface area contributed by atoms with Crippen LogP contribution in [0.5, 0.6) is 5.75 Å². The average molecular weight is 318 g/mol. The van der Waals surface area contributed by atoms with Crippen molar-refractivity contribution in [3.05, 3.63) is 58.6 Å². The Bertz CT molecular complexity index is 570. The third kappa shape index (κ3) is 3.10. The summed E-state index contributed by atoms with van der Waals surface area (Å²) in [7, 11) is 0. The summed E-state index contributed by atoms with van der Waals surface area (Å²) < 4.78 is 6.90. The molecule has 2 aromatic carbocycles. The number of hydrogen-bond acceptors (Lipinski definition) is 2. The minimum Gasteiger partial charge on any atom is -0.491 e. The van der Waals surface area contributed by atoms with Crippen molar-refractivity contribution in [1.29, 1.82) is 0 Å². The first kappa shape index (κ1) is 12.5. The molecule has 0 aliphatic carbocycles. The highest BCUT2D eigenvalue weighted by atomic mass is 79.9. The van der Waals surface area contributed by atoms with Gasteiger partial charge in [0.25, 0.3) is 0 Å². The van der Waals surface area contributed by atoms with Crippen molar-refractivity contribution in [3.8, 4) is 5.75 Å². The Morgan fingerprint density at radius 3 is 2.95 bits per heavy atom. The maximum Gasteiger partial charge on any atom is 0.120 e. The molecule has 0 fully saturated rings. The zero-order chi connectivity index (χ0) is 13.1. The van der Waals surface area contributed by atoms with Gasteiger partial charge in [-0.2, -0.15) is 0 Å². The zero-order valence-corrected chi connectivity index (χ0v) is 12.2. The number of nitrogens with one attached hydrogen (secondary N) is 1. The molecular weight excluding hydrogens is 302 g/mol. The maximum atomic E-state index is 5.85. The van der Waals surface area contributed by atoms with Gasteiger partial charge in [-0.05, 0) is 42.7 Å². The number of benzene rings is 2. The Balaban J connectivity index is 1.61. The highest BCUT2D eigenvalue weighted by molar-refractivity contribution is 9.10. The van der Waals surface area contributed by atoms with Gasteiger partial charge in [0.05, 0.1) is 6.04 Å². The molecule has 2 nitrogen and oxygen atoms in total. The van der Waals surface area contributed by atoms with Crippen LogP contribution in [0.4, 0.5) is 5.69 Å². The molecule has 0 amide bonds. The summed E-state index contributed by atoms with van der Waals surface area (Å²) in [6.07, 6.45) is 2.24. The van der Waals surface area contributed by atoms with E-state index in [0.29, 0.717) is 12.6 Å². The second-order valence-electron chi connectivity index (χ2n) is 4.81. The first-order chi connectivity index (χ1) is 9.31. The molecule has 0 saturated heterocycles. The van der Waals surface area contributed by atoms with E-state index >= 15 is 0 Å². The normalized spacial score (nSPS) is 17.4. The van der Waals surface area contributed by atoms with Crippen LogP contribution in [-0.2, 0) is 6.42 Å². The average Bonchev–Trinajstić information content (AvgIpc) is 2.45. The second kappa shape index (κ2) is 5.66. The number of anilines is 1. The van der Waals surface area contributed by atoms with E-state index in [9.17, 15) is 0 Å². The molecule has 98 valence electrons. The van der Waals surface area contributed by atoms with E-state index in [2.05, 4.69) is 45.5 Å². The molecule has 1 aliphatic rings. The Morgan fingerprint density at radius 1 is 1.16 bits per heavy atom. The molecule has 0 bridgehead atoms. The molecule has 1 unspecified atom stereocenters. The van der Waals surface area contributed by atoms with Gasteiger partial charge in [-0.3, -0.25) is 0 Å². The summed E-state index contributed by atoms with van der Waals surface area (Å²) in [6, 6.07) is 16.9. The third-order valence-electron chi connectivity index (χ3n) is 3.39. The van der Waals surface area contributed by atoms with Gasteiger partial charge >= 0.3 is 0 Å². The van der Waals surface area contributed by atoms with Crippen molar-refractivity contribution < 1.29 is 4.74 Å². The molecule has 1 aliphatic heterocycles. The lowest BCUT2D eigenvalue weighted by Crippen LogP contribution is -2.31. The second-order valence-corrected chi connectivity index (χ2v) is 5.72. The van der Waals surface area contributed by atoms with Gasteiger partial charge in [0.1, 0.15) is 12.4 Å². The topological polar surface area (TPSA) is 21.3 Å². The lowest BCUT2D eigenvalue weighted by Gasteiger charge is -2.27. The number of ether oxygens (including phenoxy) is 1. The van der Waals surface area contributed by atoms with E-state index in [4.69, 9.17) is 4.74 Å². The van der Waals surface area contributed by atoms with Crippen LogP contribution in [0.25, 0.3) is 0 Å². The van der Waals surface area contributed by atoms with Crippen LogP contribution in [0.15, 0.2) is 53.0 Å². The Labute approximate surface area is 121 Å². The van der Waals surface area contributed by atoms with E-state index in [-0.39, 0.29) is 0 Å². The van der Waals surface area contributed by atoms with Gasteiger partial charge in [-0.15, -0.1) is 0 Å². The van der Waals surface area contributed by atoms with Crippen molar-refractivity contribution in [3.63, 3.8) is 0 Å².